The summed E-state index contributed by atoms with van der Waals surface area (Å²) < 4.78 is 0. The normalized spacial score (nSPS) is 14.5. The largest absolute Gasteiger partial charge is 0.480 e. The number of rotatable bonds is 20. The van der Waals surface area contributed by atoms with Crippen LogP contribution in [0.4, 0.5) is 0 Å². The highest BCUT2D eigenvalue weighted by Crippen LogP contribution is 2.19. The van der Waals surface area contributed by atoms with Gasteiger partial charge in [0.2, 0.25) is 29.5 Å². The highest BCUT2D eigenvalue weighted by molar-refractivity contribution is 6.02. The maximum absolute atomic E-state index is 14.4. The zero-order valence-corrected chi connectivity index (χ0v) is 32.6. The molecule has 0 aromatic heterocycles. The van der Waals surface area contributed by atoms with Gasteiger partial charge in [-0.3, -0.25) is 28.9 Å². The van der Waals surface area contributed by atoms with Crippen LogP contribution in [-0.2, 0) is 48.0 Å². The van der Waals surface area contributed by atoms with E-state index in [0.717, 1.165) is 10.5 Å². The van der Waals surface area contributed by atoms with Gasteiger partial charge in [0.15, 0.2) is 0 Å². The first-order valence-electron chi connectivity index (χ1n) is 18.9. The molecule has 6 atom stereocenters. The average molecular weight is 757 g/mol. The van der Waals surface area contributed by atoms with E-state index < -0.39 is 84.0 Å². The van der Waals surface area contributed by atoms with Crippen molar-refractivity contribution in [3.63, 3.8) is 0 Å². The first-order valence-corrected chi connectivity index (χ1v) is 18.9. The van der Waals surface area contributed by atoms with Crippen LogP contribution in [0.15, 0.2) is 91.0 Å². The van der Waals surface area contributed by atoms with E-state index in [1.807, 2.05) is 37.3 Å². The van der Waals surface area contributed by atoms with E-state index in [2.05, 4.69) is 16.0 Å². The molecule has 0 saturated heterocycles. The SMILES string of the molecule is CC[C@H](C)[C@H](NC(=O)CC(O)C(Cc1ccccc1)NC(=O)[C@H](C(C)C)N(C(=O)Cc1ccccc1)C(=O)Cc1ccccc1)C(=O)N[C@H](C(=O)O)C(C)C. The zero-order chi connectivity index (χ0) is 40.7. The summed E-state index contributed by atoms with van der Waals surface area (Å²) in [6.07, 6.45) is -1.63. The number of carbonyl (C=O) groups excluding carboxylic acids is 5. The van der Waals surface area contributed by atoms with Crippen LogP contribution in [0.25, 0.3) is 0 Å². The van der Waals surface area contributed by atoms with Crippen LogP contribution in [0.2, 0.25) is 0 Å². The number of benzene rings is 3. The van der Waals surface area contributed by atoms with Gasteiger partial charge in [0.05, 0.1) is 31.4 Å². The summed E-state index contributed by atoms with van der Waals surface area (Å²) in [5, 5.41) is 29.3. The lowest BCUT2D eigenvalue weighted by Crippen LogP contribution is -2.59. The number of carboxylic acid groups (broad SMARTS) is 1. The average Bonchev–Trinajstić information content (AvgIpc) is 3.14. The fourth-order valence-corrected chi connectivity index (χ4v) is 6.32. The molecule has 0 aliphatic carbocycles. The van der Waals surface area contributed by atoms with Crippen LogP contribution in [-0.4, -0.2) is 80.9 Å². The minimum Gasteiger partial charge on any atom is -0.480 e. The number of aliphatic carboxylic acids is 1. The molecule has 3 rings (SSSR count). The molecular formula is C43H56N4O8. The van der Waals surface area contributed by atoms with Gasteiger partial charge in [-0.15, -0.1) is 0 Å². The van der Waals surface area contributed by atoms with Gasteiger partial charge in [-0.2, -0.15) is 0 Å². The summed E-state index contributed by atoms with van der Waals surface area (Å²) in [4.78, 5) is 81.9. The van der Waals surface area contributed by atoms with Crippen LogP contribution in [0, 0.1) is 17.8 Å². The lowest BCUT2D eigenvalue weighted by atomic mass is 9.94. The van der Waals surface area contributed by atoms with Crippen LogP contribution in [0.3, 0.4) is 0 Å². The molecule has 12 heteroatoms. The van der Waals surface area contributed by atoms with Crippen molar-refractivity contribution in [3.8, 4) is 0 Å². The topological polar surface area (TPSA) is 182 Å². The highest BCUT2D eigenvalue weighted by atomic mass is 16.4. The smallest absolute Gasteiger partial charge is 0.326 e. The van der Waals surface area contributed by atoms with Crippen molar-refractivity contribution in [2.24, 2.45) is 17.8 Å². The minimum absolute atomic E-state index is 0.103. The van der Waals surface area contributed by atoms with E-state index in [1.54, 1.807) is 95.3 Å². The molecule has 296 valence electrons. The Morgan fingerprint density at radius 3 is 1.51 bits per heavy atom. The number of aliphatic hydroxyl groups excluding tert-OH is 1. The quantitative estimate of drug-likeness (QED) is 0.114. The van der Waals surface area contributed by atoms with Crippen molar-refractivity contribution in [1.82, 2.24) is 20.9 Å². The third kappa shape index (κ3) is 13.5. The Kier molecular flexibility index (Phi) is 17.2. The number of nitrogens with one attached hydrogen (secondary N) is 3. The van der Waals surface area contributed by atoms with E-state index in [0.29, 0.717) is 17.5 Å². The Balaban J connectivity index is 1.91. The third-order valence-electron chi connectivity index (χ3n) is 9.64. The van der Waals surface area contributed by atoms with Crippen LogP contribution in [0.5, 0.6) is 0 Å². The first-order chi connectivity index (χ1) is 26.1. The molecule has 3 aromatic rings. The molecule has 0 heterocycles. The number of hydrogen-bond donors (Lipinski definition) is 5. The standard InChI is InChI=1S/C43H56N4O8/c1-7-29(6)39(41(52)46-38(27(2)3)43(54)55)45-35(49)26-34(48)33(23-30-17-11-8-12-18-30)44-42(53)40(28(4)5)47(36(50)24-31-19-13-9-14-20-31)37(51)25-32-21-15-10-16-22-32/h8-22,27-29,33-34,38-40,48H,7,23-26H2,1-6H3,(H,44,53)(H,45,49)(H,46,52)(H,54,55)/t29-,33?,34?,38-,39-,40-/m0/s1. The Labute approximate surface area is 324 Å². The number of hydrogen-bond acceptors (Lipinski definition) is 7. The lowest BCUT2D eigenvalue weighted by molar-refractivity contribution is -0.153. The van der Waals surface area contributed by atoms with Crippen molar-refractivity contribution in [2.45, 2.75) is 104 Å². The van der Waals surface area contributed by atoms with Gasteiger partial charge in [-0.1, -0.05) is 139 Å². The molecule has 0 aliphatic heterocycles. The molecule has 0 bridgehead atoms. The Morgan fingerprint density at radius 2 is 1.09 bits per heavy atom. The third-order valence-corrected chi connectivity index (χ3v) is 9.64. The molecule has 5 amide bonds. The maximum Gasteiger partial charge on any atom is 0.326 e. The van der Waals surface area contributed by atoms with Crippen molar-refractivity contribution in [1.29, 1.82) is 0 Å². The molecule has 12 nitrogen and oxygen atoms in total. The van der Waals surface area contributed by atoms with Crippen LogP contribution >= 0.6 is 0 Å². The van der Waals surface area contributed by atoms with E-state index >= 15 is 0 Å². The number of carbonyl (C=O) groups is 6. The summed E-state index contributed by atoms with van der Waals surface area (Å²) in [5.41, 5.74) is 2.09. The maximum atomic E-state index is 14.4. The van der Waals surface area contributed by atoms with Crippen molar-refractivity contribution in [2.75, 3.05) is 0 Å². The lowest BCUT2D eigenvalue weighted by Gasteiger charge is -2.34. The second kappa shape index (κ2) is 21.5. The van der Waals surface area contributed by atoms with Gasteiger partial charge in [0, 0.05) is 0 Å². The molecule has 0 spiro atoms. The van der Waals surface area contributed by atoms with Gasteiger partial charge >= 0.3 is 5.97 Å². The van der Waals surface area contributed by atoms with Crippen molar-refractivity contribution >= 4 is 35.5 Å². The van der Waals surface area contributed by atoms with E-state index in [1.165, 1.54) is 0 Å². The fraction of sp³-hybridized carbons (Fsp3) is 0.442. The molecule has 5 N–H and O–H groups in total. The Morgan fingerprint density at radius 1 is 0.618 bits per heavy atom. The molecular weight excluding hydrogens is 700 g/mol. The summed E-state index contributed by atoms with van der Waals surface area (Å²) in [5.74, 6) is -5.66. The molecule has 0 aliphatic rings. The van der Waals surface area contributed by atoms with E-state index in [4.69, 9.17) is 0 Å². The second-order valence-corrected chi connectivity index (χ2v) is 14.7. The summed E-state index contributed by atoms with van der Waals surface area (Å²) >= 11 is 0. The van der Waals surface area contributed by atoms with Gasteiger partial charge in [-0.05, 0) is 40.9 Å². The van der Waals surface area contributed by atoms with Crippen LogP contribution in [0.1, 0.15) is 71.1 Å². The van der Waals surface area contributed by atoms with E-state index in [-0.39, 0.29) is 25.2 Å². The first kappa shape index (κ1) is 44.0. The summed E-state index contributed by atoms with van der Waals surface area (Å²) in [7, 11) is 0. The van der Waals surface area contributed by atoms with E-state index in [9.17, 15) is 39.0 Å². The Hall–Kier alpha value is -5.36. The van der Waals surface area contributed by atoms with Gasteiger partial charge < -0.3 is 26.2 Å². The van der Waals surface area contributed by atoms with Gasteiger partial charge in [0.25, 0.3) is 0 Å². The predicted octanol–water partition coefficient (Wildman–Crippen LogP) is 4.09. The summed E-state index contributed by atoms with van der Waals surface area (Å²) in [6, 6.07) is 22.3. The molecule has 2 unspecified atom stereocenters. The molecule has 55 heavy (non-hydrogen) atoms. The molecule has 0 radical (unpaired) electrons. The number of carboxylic acids is 1. The zero-order valence-electron chi connectivity index (χ0n) is 32.6. The Bertz CT molecular complexity index is 1660. The van der Waals surface area contributed by atoms with Crippen LogP contribution < -0.4 is 16.0 Å². The second-order valence-electron chi connectivity index (χ2n) is 14.7. The van der Waals surface area contributed by atoms with Gasteiger partial charge in [-0.25, -0.2) is 4.79 Å². The number of aliphatic hydroxyl groups is 1. The summed E-state index contributed by atoms with van der Waals surface area (Å²) in [6.45, 7) is 10.4. The fourth-order valence-electron chi connectivity index (χ4n) is 6.32. The number of nitrogens with zero attached hydrogens (tertiary/aromatic N) is 1. The molecule has 0 fully saturated rings. The monoisotopic (exact) mass is 756 g/mol. The van der Waals surface area contributed by atoms with Gasteiger partial charge in [0.1, 0.15) is 18.1 Å². The highest BCUT2D eigenvalue weighted by Gasteiger charge is 2.39. The predicted molar refractivity (Wildman–Crippen MR) is 209 cm³/mol. The molecule has 3 aromatic carbocycles. The number of imide groups is 1. The minimum atomic E-state index is -1.46. The van der Waals surface area contributed by atoms with Crippen molar-refractivity contribution in [3.05, 3.63) is 108 Å². The molecule has 0 saturated carbocycles. The van der Waals surface area contributed by atoms with Crippen molar-refractivity contribution < 1.29 is 39.0 Å². The number of amides is 5.